The summed E-state index contributed by atoms with van der Waals surface area (Å²) in [6.07, 6.45) is 7.24. The monoisotopic (exact) mass is 384 g/mol. The maximum absolute atomic E-state index is 14.0. The molecule has 27 heavy (non-hydrogen) atoms. The van der Waals surface area contributed by atoms with Crippen LogP contribution in [0, 0.1) is 11.7 Å². The highest BCUT2D eigenvalue weighted by Crippen LogP contribution is 2.31. The van der Waals surface area contributed by atoms with Crippen molar-refractivity contribution < 1.29 is 9.18 Å². The summed E-state index contributed by atoms with van der Waals surface area (Å²) >= 11 is 1.65. The van der Waals surface area contributed by atoms with Gasteiger partial charge in [0.25, 0.3) is 0 Å². The lowest BCUT2D eigenvalue weighted by atomic mass is 9.93. The number of halogens is 1. The van der Waals surface area contributed by atoms with Gasteiger partial charge < -0.3 is 4.90 Å². The molecule has 1 aliphatic heterocycles. The molecule has 1 amide bonds. The minimum Gasteiger partial charge on any atom is -0.340 e. The molecule has 1 aliphatic carbocycles. The quantitative estimate of drug-likeness (QED) is 0.722. The number of nitrogens with zero attached hydrogens (tertiary/aromatic N) is 2. The Bertz CT molecular complexity index is 823. The highest BCUT2D eigenvalue weighted by atomic mass is 32.1. The van der Waals surface area contributed by atoms with Crippen molar-refractivity contribution in [2.45, 2.75) is 25.8 Å². The number of carbonyl (C=O) groups is 1. The van der Waals surface area contributed by atoms with Crippen LogP contribution in [-0.2, 0) is 11.3 Å². The normalized spacial score (nSPS) is 20.8. The van der Waals surface area contributed by atoms with E-state index in [1.54, 1.807) is 17.4 Å². The standard InChI is InChI=1S/C22H25FN2OS/c23-20-9-5-4-8-19(20)21-11-10-18(27-21)16-24-12-14-25(15-13-24)22(26)17-6-2-1-3-7-17/h1-2,4-5,8-11,17H,3,6-7,12-16H2. The summed E-state index contributed by atoms with van der Waals surface area (Å²) in [5.41, 5.74) is 0.672. The molecule has 2 heterocycles. The molecule has 0 N–H and O–H groups in total. The van der Waals surface area contributed by atoms with Crippen LogP contribution in [0.5, 0.6) is 0 Å². The lowest BCUT2D eigenvalue weighted by molar-refractivity contribution is -0.137. The molecule has 1 fully saturated rings. The van der Waals surface area contributed by atoms with Crippen LogP contribution in [0.2, 0.25) is 0 Å². The van der Waals surface area contributed by atoms with E-state index in [9.17, 15) is 9.18 Å². The zero-order valence-electron chi connectivity index (χ0n) is 15.4. The molecule has 4 rings (SSSR count). The van der Waals surface area contributed by atoms with Crippen LogP contribution in [0.15, 0.2) is 48.6 Å². The van der Waals surface area contributed by atoms with Crippen LogP contribution >= 0.6 is 11.3 Å². The summed E-state index contributed by atoms with van der Waals surface area (Å²) in [7, 11) is 0. The molecule has 2 aromatic rings. The second kappa shape index (κ2) is 8.36. The number of allylic oxidation sites excluding steroid dienone is 2. The van der Waals surface area contributed by atoms with Crippen molar-refractivity contribution in [2.75, 3.05) is 26.2 Å². The summed E-state index contributed by atoms with van der Waals surface area (Å²) in [6.45, 7) is 4.30. The summed E-state index contributed by atoms with van der Waals surface area (Å²) < 4.78 is 14.0. The van der Waals surface area contributed by atoms with Crippen LogP contribution in [-0.4, -0.2) is 41.9 Å². The van der Waals surface area contributed by atoms with E-state index in [0.29, 0.717) is 11.5 Å². The SMILES string of the molecule is O=C(C1CC=CCC1)N1CCN(Cc2ccc(-c3ccccc3F)s2)CC1. The van der Waals surface area contributed by atoms with Gasteiger partial charge in [-0.3, -0.25) is 9.69 Å². The van der Waals surface area contributed by atoms with Crippen molar-refractivity contribution in [3.8, 4) is 10.4 Å². The lowest BCUT2D eigenvalue weighted by Gasteiger charge is -2.36. The van der Waals surface area contributed by atoms with Crippen LogP contribution in [0.1, 0.15) is 24.1 Å². The Kier molecular flexibility index (Phi) is 5.69. The largest absolute Gasteiger partial charge is 0.340 e. The molecule has 1 aromatic carbocycles. The van der Waals surface area contributed by atoms with Crippen LogP contribution in [0.3, 0.4) is 0 Å². The first kappa shape index (κ1) is 18.4. The molecule has 3 nitrogen and oxygen atoms in total. The number of amides is 1. The van der Waals surface area contributed by atoms with Gasteiger partial charge in [0.15, 0.2) is 0 Å². The predicted molar refractivity (Wildman–Crippen MR) is 108 cm³/mol. The number of benzene rings is 1. The van der Waals surface area contributed by atoms with Crippen molar-refractivity contribution in [1.82, 2.24) is 9.80 Å². The molecular formula is C22H25FN2OS. The lowest BCUT2D eigenvalue weighted by Crippen LogP contribution is -2.50. The van der Waals surface area contributed by atoms with Gasteiger partial charge in [0, 0.05) is 54.0 Å². The molecule has 1 saturated heterocycles. The van der Waals surface area contributed by atoms with E-state index in [-0.39, 0.29) is 11.7 Å². The number of hydrogen-bond donors (Lipinski definition) is 0. The molecular weight excluding hydrogens is 359 g/mol. The van der Waals surface area contributed by atoms with E-state index >= 15 is 0 Å². The molecule has 0 saturated carbocycles. The second-order valence-electron chi connectivity index (χ2n) is 7.33. The summed E-state index contributed by atoms with van der Waals surface area (Å²) in [6, 6.07) is 11.0. The van der Waals surface area contributed by atoms with Crippen molar-refractivity contribution in [3.63, 3.8) is 0 Å². The Balaban J connectivity index is 1.31. The summed E-state index contributed by atoms with van der Waals surface area (Å²) in [4.78, 5) is 19.3. The first-order valence-corrected chi connectivity index (χ1v) is 10.5. The van der Waals surface area contributed by atoms with Gasteiger partial charge in [-0.1, -0.05) is 30.4 Å². The van der Waals surface area contributed by atoms with Gasteiger partial charge >= 0.3 is 0 Å². The van der Waals surface area contributed by atoms with Gasteiger partial charge in [-0.2, -0.15) is 0 Å². The molecule has 2 aliphatic rings. The van der Waals surface area contributed by atoms with Crippen LogP contribution in [0.25, 0.3) is 10.4 Å². The van der Waals surface area contributed by atoms with Crippen molar-refractivity contribution in [1.29, 1.82) is 0 Å². The Hall–Kier alpha value is -1.98. The first-order valence-electron chi connectivity index (χ1n) is 9.70. The molecule has 1 aromatic heterocycles. The maximum Gasteiger partial charge on any atom is 0.226 e. The van der Waals surface area contributed by atoms with E-state index in [2.05, 4.69) is 23.1 Å². The fourth-order valence-electron chi connectivity index (χ4n) is 3.89. The molecule has 0 spiro atoms. The van der Waals surface area contributed by atoms with Gasteiger partial charge in [0.1, 0.15) is 5.82 Å². The zero-order chi connectivity index (χ0) is 18.6. The predicted octanol–water partition coefficient (Wildman–Crippen LogP) is 4.55. The van der Waals surface area contributed by atoms with E-state index in [1.807, 2.05) is 23.1 Å². The number of piperazine rings is 1. The second-order valence-corrected chi connectivity index (χ2v) is 8.50. The molecule has 0 bridgehead atoms. The Labute approximate surface area is 164 Å². The van der Waals surface area contributed by atoms with Crippen LogP contribution in [0.4, 0.5) is 4.39 Å². The summed E-state index contributed by atoms with van der Waals surface area (Å²) in [5, 5.41) is 0. The topological polar surface area (TPSA) is 23.6 Å². The molecule has 1 atom stereocenters. The van der Waals surface area contributed by atoms with Crippen molar-refractivity contribution >= 4 is 17.2 Å². The molecule has 142 valence electrons. The van der Waals surface area contributed by atoms with E-state index in [1.165, 1.54) is 10.9 Å². The van der Waals surface area contributed by atoms with E-state index in [4.69, 9.17) is 0 Å². The third-order valence-corrected chi connectivity index (χ3v) is 6.59. The van der Waals surface area contributed by atoms with Crippen molar-refractivity contribution in [2.24, 2.45) is 5.92 Å². The van der Waals surface area contributed by atoms with Crippen LogP contribution < -0.4 is 0 Å². The summed E-state index contributed by atoms with van der Waals surface area (Å²) in [5.74, 6) is 0.342. The third-order valence-electron chi connectivity index (χ3n) is 5.48. The fourth-order valence-corrected chi connectivity index (χ4v) is 4.97. The Morgan fingerprint density at radius 1 is 1.07 bits per heavy atom. The Morgan fingerprint density at radius 3 is 2.63 bits per heavy atom. The fraction of sp³-hybridized carbons (Fsp3) is 0.409. The first-order chi connectivity index (χ1) is 13.2. The average molecular weight is 385 g/mol. The smallest absolute Gasteiger partial charge is 0.226 e. The van der Waals surface area contributed by atoms with Gasteiger partial charge in [0.05, 0.1) is 0 Å². The zero-order valence-corrected chi connectivity index (χ0v) is 16.3. The van der Waals surface area contributed by atoms with Gasteiger partial charge in [-0.15, -0.1) is 11.3 Å². The minimum atomic E-state index is -0.171. The molecule has 0 radical (unpaired) electrons. The van der Waals surface area contributed by atoms with Gasteiger partial charge in [-0.25, -0.2) is 4.39 Å². The molecule has 1 unspecified atom stereocenters. The van der Waals surface area contributed by atoms with E-state index in [0.717, 1.165) is 56.9 Å². The number of hydrogen-bond acceptors (Lipinski definition) is 3. The third kappa shape index (κ3) is 4.30. The number of thiophene rings is 1. The number of carbonyl (C=O) groups excluding carboxylic acids is 1. The highest BCUT2D eigenvalue weighted by molar-refractivity contribution is 7.15. The van der Waals surface area contributed by atoms with Gasteiger partial charge in [-0.05, 0) is 37.5 Å². The van der Waals surface area contributed by atoms with E-state index < -0.39 is 0 Å². The number of rotatable bonds is 4. The molecule has 5 heteroatoms. The Morgan fingerprint density at radius 2 is 1.89 bits per heavy atom. The van der Waals surface area contributed by atoms with Crippen molar-refractivity contribution in [3.05, 3.63) is 59.2 Å². The highest BCUT2D eigenvalue weighted by Gasteiger charge is 2.27. The average Bonchev–Trinajstić information content (AvgIpc) is 3.17. The minimum absolute atomic E-state index is 0.171. The van der Waals surface area contributed by atoms with Gasteiger partial charge in [0.2, 0.25) is 5.91 Å². The maximum atomic E-state index is 14.0.